The van der Waals surface area contributed by atoms with E-state index in [1.165, 1.54) is 18.5 Å². The van der Waals surface area contributed by atoms with Crippen LogP contribution in [0, 0.1) is 0 Å². The molecule has 108 valence electrons. The highest BCUT2D eigenvalue weighted by molar-refractivity contribution is 7.13. The maximum absolute atomic E-state index is 11.5. The third-order valence-electron chi connectivity index (χ3n) is 3.39. The summed E-state index contributed by atoms with van der Waals surface area (Å²) in [6, 6.07) is 9.55. The number of hydrogen-bond donors (Lipinski definition) is 2. The number of aromatic nitrogens is 4. The smallest absolute Gasteiger partial charge is 0.179 e. The third kappa shape index (κ3) is 2.03. The average Bonchev–Trinajstić information content (AvgIpc) is 3.11. The first kappa shape index (κ1) is 12.9. The monoisotopic (exact) mass is 309 g/mol. The number of Topliss-reactive ketones (excluding diaryl/α,β-unsaturated/α-hetero) is 1. The number of carbonyl (C=O) groups is 1. The Morgan fingerprint density at radius 1 is 1.32 bits per heavy atom. The lowest BCUT2D eigenvalue weighted by molar-refractivity contribution is 0.101. The highest BCUT2D eigenvalue weighted by atomic mass is 32.1. The second-order valence-corrected chi connectivity index (χ2v) is 5.70. The van der Waals surface area contributed by atoms with Crippen LogP contribution < -0.4 is 5.32 Å². The molecule has 3 heterocycles. The molecule has 22 heavy (non-hydrogen) atoms. The number of benzene rings is 1. The average molecular weight is 309 g/mol. The molecule has 0 bridgehead atoms. The Labute approximate surface area is 129 Å². The fraction of sp³-hybridized carbons (Fsp3) is 0.0667. The van der Waals surface area contributed by atoms with Crippen molar-refractivity contribution in [3.05, 3.63) is 42.2 Å². The van der Waals surface area contributed by atoms with Crippen LogP contribution in [-0.2, 0) is 0 Å². The maximum atomic E-state index is 11.5. The summed E-state index contributed by atoms with van der Waals surface area (Å²) in [7, 11) is 0. The molecule has 0 saturated carbocycles. The number of ketones is 1. The van der Waals surface area contributed by atoms with E-state index in [4.69, 9.17) is 0 Å². The number of nitrogens with one attached hydrogen (secondary N) is 2. The molecule has 0 spiro atoms. The van der Waals surface area contributed by atoms with Gasteiger partial charge in [-0.05, 0) is 41.9 Å². The van der Waals surface area contributed by atoms with Crippen molar-refractivity contribution < 1.29 is 4.79 Å². The first-order valence-corrected chi connectivity index (χ1v) is 7.46. The largest absolute Gasteiger partial charge is 0.337 e. The molecule has 0 atom stereocenters. The van der Waals surface area contributed by atoms with E-state index >= 15 is 0 Å². The molecule has 0 aliphatic rings. The van der Waals surface area contributed by atoms with Gasteiger partial charge >= 0.3 is 0 Å². The van der Waals surface area contributed by atoms with Gasteiger partial charge in [0.15, 0.2) is 11.6 Å². The normalized spacial score (nSPS) is 11.1. The molecular weight excluding hydrogens is 298 g/mol. The van der Waals surface area contributed by atoms with Gasteiger partial charge in [0.1, 0.15) is 11.2 Å². The van der Waals surface area contributed by atoms with E-state index < -0.39 is 0 Å². The van der Waals surface area contributed by atoms with Crippen LogP contribution in [-0.4, -0.2) is 25.3 Å². The summed E-state index contributed by atoms with van der Waals surface area (Å²) in [6.45, 7) is 1.53. The van der Waals surface area contributed by atoms with Crippen molar-refractivity contribution in [2.45, 2.75) is 6.92 Å². The van der Waals surface area contributed by atoms with Crippen molar-refractivity contribution in [2.75, 3.05) is 5.32 Å². The molecule has 0 unspecified atom stereocenters. The lowest BCUT2D eigenvalue weighted by atomic mass is 10.1. The zero-order valence-corrected chi connectivity index (χ0v) is 12.4. The topological polar surface area (TPSA) is 83.6 Å². The molecule has 7 heteroatoms. The molecule has 0 amide bonds. The van der Waals surface area contributed by atoms with Crippen molar-refractivity contribution in [2.24, 2.45) is 0 Å². The molecule has 3 aromatic heterocycles. The zero-order chi connectivity index (χ0) is 15.1. The van der Waals surface area contributed by atoms with Crippen LogP contribution in [0.25, 0.3) is 21.1 Å². The Morgan fingerprint density at radius 2 is 2.23 bits per heavy atom. The van der Waals surface area contributed by atoms with E-state index in [1.807, 2.05) is 30.3 Å². The summed E-state index contributed by atoms with van der Waals surface area (Å²) >= 11 is 1.32. The fourth-order valence-corrected chi connectivity index (χ4v) is 3.21. The van der Waals surface area contributed by atoms with Gasteiger partial charge in [0.05, 0.1) is 10.2 Å². The van der Waals surface area contributed by atoms with Crippen molar-refractivity contribution in [1.82, 2.24) is 19.6 Å². The summed E-state index contributed by atoms with van der Waals surface area (Å²) in [4.78, 5) is 15.8. The van der Waals surface area contributed by atoms with Gasteiger partial charge in [0.25, 0.3) is 0 Å². The molecule has 0 aliphatic heterocycles. The van der Waals surface area contributed by atoms with Gasteiger partial charge in [-0.25, -0.2) is 0 Å². The molecule has 0 radical (unpaired) electrons. The summed E-state index contributed by atoms with van der Waals surface area (Å²) in [5.74, 6) is 0.653. The number of aromatic amines is 1. The SMILES string of the molecule is CC(=O)c1nsc2cc(Nc3n[nH]c4cccnc34)ccc12. The number of pyridine rings is 1. The Morgan fingerprint density at radius 3 is 3.09 bits per heavy atom. The van der Waals surface area contributed by atoms with Crippen LogP contribution in [0.4, 0.5) is 11.5 Å². The van der Waals surface area contributed by atoms with Crippen LogP contribution in [0.5, 0.6) is 0 Å². The number of carbonyl (C=O) groups excluding carboxylic acids is 1. The van der Waals surface area contributed by atoms with Gasteiger partial charge in [-0.1, -0.05) is 0 Å². The first-order chi connectivity index (χ1) is 10.7. The molecule has 2 N–H and O–H groups in total. The number of hydrogen-bond acceptors (Lipinski definition) is 6. The summed E-state index contributed by atoms with van der Waals surface area (Å²) in [5.41, 5.74) is 3.07. The molecule has 0 aliphatic carbocycles. The number of H-pyrrole nitrogens is 1. The van der Waals surface area contributed by atoms with Crippen LogP contribution >= 0.6 is 11.5 Å². The molecule has 0 fully saturated rings. The van der Waals surface area contributed by atoms with Crippen molar-refractivity contribution in [1.29, 1.82) is 0 Å². The van der Waals surface area contributed by atoms with Gasteiger partial charge < -0.3 is 5.32 Å². The lowest BCUT2D eigenvalue weighted by Crippen LogP contribution is -1.93. The van der Waals surface area contributed by atoms with Crippen LogP contribution in [0.15, 0.2) is 36.5 Å². The summed E-state index contributed by atoms with van der Waals surface area (Å²) in [5, 5.41) is 11.3. The fourth-order valence-electron chi connectivity index (χ4n) is 2.35. The molecule has 1 aromatic carbocycles. The van der Waals surface area contributed by atoms with Crippen LogP contribution in [0.3, 0.4) is 0 Å². The van der Waals surface area contributed by atoms with E-state index in [2.05, 4.69) is 24.9 Å². The molecular formula is C15H11N5OS. The predicted molar refractivity (Wildman–Crippen MR) is 86.8 cm³/mol. The Bertz CT molecular complexity index is 1000. The minimum Gasteiger partial charge on any atom is -0.337 e. The number of fused-ring (bicyclic) bond motifs is 2. The lowest BCUT2D eigenvalue weighted by Gasteiger charge is -2.03. The third-order valence-corrected chi connectivity index (χ3v) is 4.20. The second kappa shape index (κ2) is 4.88. The molecule has 4 aromatic rings. The molecule has 0 saturated heterocycles. The predicted octanol–water partition coefficient (Wildman–Crippen LogP) is 3.51. The highest BCUT2D eigenvalue weighted by Crippen LogP contribution is 2.28. The highest BCUT2D eigenvalue weighted by Gasteiger charge is 2.12. The van der Waals surface area contributed by atoms with E-state index in [1.54, 1.807) is 6.20 Å². The summed E-state index contributed by atoms with van der Waals surface area (Å²) < 4.78 is 5.17. The van der Waals surface area contributed by atoms with Crippen molar-refractivity contribution >= 4 is 49.9 Å². The number of anilines is 2. The van der Waals surface area contributed by atoms with E-state index in [0.29, 0.717) is 11.5 Å². The number of rotatable bonds is 3. The van der Waals surface area contributed by atoms with E-state index in [-0.39, 0.29) is 5.78 Å². The first-order valence-electron chi connectivity index (χ1n) is 6.69. The van der Waals surface area contributed by atoms with Gasteiger partial charge in [0.2, 0.25) is 0 Å². The Balaban J connectivity index is 1.74. The van der Waals surface area contributed by atoms with Gasteiger partial charge in [0, 0.05) is 24.2 Å². The van der Waals surface area contributed by atoms with Crippen molar-refractivity contribution in [3.8, 4) is 0 Å². The Kier molecular flexibility index (Phi) is 2.87. The standard InChI is InChI=1S/C15H11N5OS/c1-8(21)13-10-5-4-9(7-12(10)22-20-13)17-15-14-11(18-19-15)3-2-6-16-14/h2-7H,1H3,(H2,17,18,19). The zero-order valence-electron chi connectivity index (χ0n) is 11.6. The van der Waals surface area contributed by atoms with Gasteiger partial charge in [-0.2, -0.15) is 9.47 Å². The quantitative estimate of drug-likeness (QED) is 0.566. The van der Waals surface area contributed by atoms with E-state index in [0.717, 1.165) is 26.8 Å². The van der Waals surface area contributed by atoms with Gasteiger partial charge in [-0.3, -0.25) is 14.9 Å². The minimum absolute atomic E-state index is 0.0190. The number of nitrogens with zero attached hydrogens (tertiary/aromatic N) is 3. The molecule has 4 rings (SSSR count). The van der Waals surface area contributed by atoms with Gasteiger partial charge in [-0.15, -0.1) is 0 Å². The van der Waals surface area contributed by atoms with Crippen LogP contribution in [0.1, 0.15) is 17.4 Å². The Hall–Kier alpha value is -2.80. The van der Waals surface area contributed by atoms with E-state index in [9.17, 15) is 4.79 Å². The molecule has 6 nitrogen and oxygen atoms in total. The maximum Gasteiger partial charge on any atom is 0.179 e. The van der Waals surface area contributed by atoms with Crippen LogP contribution in [0.2, 0.25) is 0 Å². The minimum atomic E-state index is -0.0190. The van der Waals surface area contributed by atoms with Crippen molar-refractivity contribution in [3.63, 3.8) is 0 Å². The summed E-state index contributed by atoms with van der Waals surface area (Å²) in [6.07, 6.45) is 1.73. The second-order valence-electron chi connectivity index (χ2n) is 4.90.